The average molecular weight is 279 g/mol. The van der Waals surface area contributed by atoms with Gasteiger partial charge in [0.1, 0.15) is 4.90 Å². The Bertz CT molecular complexity index is 690. The van der Waals surface area contributed by atoms with Gasteiger partial charge in [-0.1, -0.05) is 18.2 Å². The molecule has 102 valence electrons. The number of anilines is 1. The Kier molecular flexibility index (Phi) is 3.64. The molecule has 2 rings (SSSR count). The summed E-state index contributed by atoms with van der Waals surface area (Å²) in [4.78, 5) is 0.221. The van der Waals surface area contributed by atoms with Crippen LogP contribution in [0.5, 0.6) is 0 Å². The molecule has 0 radical (unpaired) electrons. The van der Waals surface area contributed by atoms with Gasteiger partial charge in [0, 0.05) is 25.5 Å². The minimum atomic E-state index is -3.57. The molecule has 6 heteroatoms. The summed E-state index contributed by atoms with van der Waals surface area (Å²) in [7, 11) is -1.80. The van der Waals surface area contributed by atoms with Crippen molar-refractivity contribution in [2.75, 3.05) is 4.72 Å². The molecule has 1 aromatic heterocycles. The molecule has 0 saturated carbocycles. The standard InChI is InChI=1S/C13H17N3O2S/c1-10-5-3-4-6-13(10)15-19(17,18)12-7-11(8-14)16(2)9-12/h3-7,9,15H,8,14H2,1-2H3. The second kappa shape index (κ2) is 5.07. The topological polar surface area (TPSA) is 77.1 Å². The van der Waals surface area contributed by atoms with Gasteiger partial charge in [-0.25, -0.2) is 8.42 Å². The highest BCUT2D eigenvalue weighted by atomic mass is 32.2. The number of hydrogen-bond acceptors (Lipinski definition) is 3. The van der Waals surface area contributed by atoms with Gasteiger partial charge in [0.25, 0.3) is 10.0 Å². The van der Waals surface area contributed by atoms with E-state index in [0.717, 1.165) is 11.3 Å². The van der Waals surface area contributed by atoms with Crippen LogP contribution in [0.25, 0.3) is 0 Å². The molecule has 19 heavy (non-hydrogen) atoms. The highest BCUT2D eigenvalue weighted by Crippen LogP contribution is 2.20. The third-order valence-corrected chi connectivity index (χ3v) is 4.32. The number of sulfonamides is 1. The molecule has 0 bridgehead atoms. The molecular weight excluding hydrogens is 262 g/mol. The minimum Gasteiger partial charge on any atom is -0.352 e. The molecule has 5 nitrogen and oxygen atoms in total. The number of para-hydroxylation sites is 1. The Morgan fingerprint density at radius 3 is 2.58 bits per heavy atom. The van der Waals surface area contributed by atoms with Crippen LogP contribution >= 0.6 is 0 Å². The smallest absolute Gasteiger partial charge is 0.263 e. The Morgan fingerprint density at radius 2 is 2.00 bits per heavy atom. The summed E-state index contributed by atoms with van der Waals surface area (Å²) in [6.45, 7) is 2.16. The fraction of sp³-hybridized carbons (Fsp3) is 0.231. The van der Waals surface area contributed by atoms with E-state index in [9.17, 15) is 8.42 Å². The number of nitrogens with two attached hydrogens (primary N) is 1. The summed E-state index contributed by atoms with van der Waals surface area (Å²) in [5.41, 5.74) is 7.78. The predicted octanol–water partition coefficient (Wildman–Crippen LogP) is 1.59. The van der Waals surface area contributed by atoms with E-state index >= 15 is 0 Å². The van der Waals surface area contributed by atoms with Gasteiger partial charge >= 0.3 is 0 Å². The molecule has 0 saturated heterocycles. The van der Waals surface area contributed by atoms with E-state index in [1.807, 2.05) is 19.1 Å². The fourth-order valence-corrected chi connectivity index (χ4v) is 3.04. The number of benzene rings is 1. The van der Waals surface area contributed by atoms with Gasteiger partial charge in [-0.05, 0) is 24.6 Å². The van der Waals surface area contributed by atoms with E-state index in [-0.39, 0.29) is 4.90 Å². The predicted molar refractivity (Wildman–Crippen MR) is 75.3 cm³/mol. The van der Waals surface area contributed by atoms with Crippen LogP contribution in [0, 0.1) is 6.92 Å². The number of nitrogens with one attached hydrogen (secondary N) is 1. The number of hydrogen-bond donors (Lipinski definition) is 2. The molecule has 0 aliphatic rings. The van der Waals surface area contributed by atoms with Gasteiger partial charge in [-0.15, -0.1) is 0 Å². The van der Waals surface area contributed by atoms with Crippen molar-refractivity contribution in [3.8, 4) is 0 Å². The summed E-state index contributed by atoms with van der Waals surface area (Å²) in [5.74, 6) is 0. The summed E-state index contributed by atoms with van der Waals surface area (Å²) in [6, 6.07) is 8.83. The zero-order valence-electron chi connectivity index (χ0n) is 10.9. The quantitative estimate of drug-likeness (QED) is 0.892. The van der Waals surface area contributed by atoms with Crippen LogP contribution in [-0.2, 0) is 23.6 Å². The summed E-state index contributed by atoms with van der Waals surface area (Å²) >= 11 is 0. The average Bonchev–Trinajstić information content (AvgIpc) is 2.74. The van der Waals surface area contributed by atoms with Crippen LogP contribution in [-0.4, -0.2) is 13.0 Å². The van der Waals surface area contributed by atoms with E-state index in [0.29, 0.717) is 12.2 Å². The van der Waals surface area contributed by atoms with Crippen LogP contribution in [0.1, 0.15) is 11.3 Å². The Balaban J connectivity index is 2.35. The molecule has 1 heterocycles. The highest BCUT2D eigenvalue weighted by molar-refractivity contribution is 7.92. The van der Waals surface area contributed by atoms with Crippen molar-refractivity contribution in [2.24, 2.45) is 12.8 Å². The summed E-state index contributed by atoms with van der Waals surface area (Å²) in [6.07, 6.45) is 1.56. The first-order valence-electron chi connectivity index (χ1n) is 5.88. The van der Waals surface area contributed by atoms with Crippen molar-refractivity contribution in [3.63, 3.8) is 0 Å². The lowest BCUT2D eigenvalue weighted by atomic mass is 10.2. The van der Waals surface area contributed by atoms with Crippen molar-refractivity contribution in [3.05, 3.63) is 47.8 Å². The maximum Gasteiger partial charge on any atom is 0.263 e. The first-order chi connectivity index (χ1) is 8.94. The Hall–Kier alpha value is -1.79. The monoisotopic (exact) mass is 279 g/mol. The van der Waals surface area contributed by atoms with Crippen LogP contribution in [0.3, 0.4) is 0 Å². The number of nitrogens with zero attached hydrogens (tertiary/aromatic N) is 1. The van der Waals surface area contributed by atoms with Gasteiger partial charge in [0.2, 0.25) is 0 Å². The van der Waals surface area contributed by atoms with Crippen LogP contribution in [0.4, 0.5) is 5.69 Å². The first-order valence-corrected chi connectivity index (χ1v) is 7.36. The van der Waals surface area contributed by atoms with Gasteiger partial charge in [0.05, 0.1) is 5.69 Å². The number of aryl methyl sites for hydroxylation is 2. The van der Waals surface area contributed by atoms with Crippen molar-refractivity contribution in [1.82, 2.24) is 4.57 Å². The van der Waals surface area contributed by atoms with E-state index in [2.05, 4.69) is 4.72 Å². The molecule has 0 spiro atoms. The number of rotatable bonds is 4. The van der Waals surface area contributed by atoms with E-state index < -0.39 is 10.0 Å². The van der Waals surface area contributed by atoms with Gasteiger partial charge in [-0.3, -0.25) is 4.72 Å². The molecule has 0 fully saturated rings. The van der Waals surface area contributed by atoms with Crippen LogP contribution in [0.2, 0.25) is 0 Å². The molecule has 0 unspecified atom stereocenters. The zero-order valence-corrected chi connectivity index (χ0v) is 11.7. The van der Waals surface area contributed by atoms with Crippen molar-refractivity contribution >= 4 is 15.7 Å². The maximum atomic E-state index is 12.3. The lowest BCUT2D eigenvalue weighted by Crippen LogP contribution is -2.13. The second-order valence-electron chi connectivity index (χ2n) is 4.40. The van der Waals surface area contributed by atoms with Crippen molar-refractivity contribution in [2.45, 2.75) is 18.4 Å². The van der Waals surface area contributed by atoms with Gasteiger partial charge in [-0.2, -0.15) is 0 Å². The fourth-order valence-electron chi connectivity index (χ4n) is 1.82. The van der Waals surface area contributed by atoms with Gasteiger partial charge in [0.15, 0.2) is 0 Å². The molecular formula is C13H17N3O2S. The molecule has 3 N–H and O–H groups in total. The normalized spacial score (nSPS) is 11.5. The largest absolute Gasteiger partial charge is 0.352 e. The van der Waals surface area contributed by atoms with Crippen LogP contribution < -0.4 is 10.5 Å². The van der Waals surface area contributed by atoms with E-state index in [4.69, 9.17) is 5.73 Å². The summed E-state index contributed by atoms with van der Waals surface area (Å²) < 4.78 is 28.8. The van der Waals surface area contributed by atoms with Gasteiger partial charge < -0.3 is 10.3 Å². The first kappa shape index (κ1) is 13.6. The lowest BCUT2D eigenvalue weighted by Gasteiger charge is -2.08. The third kappa shape index (κ3) is 2.80. The van der Waals surface area contributed by atoms with Crippen molar-refractivity contribution < 1.29 is 8.42 Å². The Morgan fingerprint density at radius 1 is 1.32 bits per heavy atom. The van der Waals surface area contributed by atoms with Crippen LogP contribution in [0.15, 0.2) is 41.4 Å². The molecule has 0 amide bonds. The minimum absolute atomic E-state index is 0.221. The molecule has 2 aromatic rings. The SMILES string of the molecule is Cc1ccccc1NS(=O)(=O)c1cc(CN)n(C)c1. The maximum absolute atomic E-state index is 12.3. The highest BCUT2D eigenvalue weighted by Gasteiger charge is 2.17. The van der Waals surface area contributed by atoms with Crippen molar-refractivity contribution in [1.29, 1.82) is 0 Å². The van der Waals surface area contributed by atoms with E-state index in [1.165, 1.54) is 0 Å². The lowest BCUT2D eigenvalue weighted by molar-refractivity contribution is 0.601. The number of aromatic nitrogens is 1. The second-order valence-corrected chi connectivity index (χ2v) is 6.08. The molecule has 1 aromatic carbocycles. The third-order valence-electron chi connectivity index (χ3n) is 2.99. The Labute approximate surface area is 113 Å². The van der Waals surface area contributed by atoms with E-state index in [1.54, 1.807) is 36.0 Å². The zero-order chi connectivity index (χ0) is 14.0. The molecule has 0 aliphatic carbocycles. The summed E-state index contributed by atoms with van der Waals surface area (Å²) in [5, 5.41) is 0. The molecule has 0 aliphatic heterocycles. The molecule has 0 atom stereocenters.